The van der Waals surface area contributed by atoms with Gasteiger partial charge < -0.3 is 10.6 Å². The van der Waals surface area contributed by atoms with Crippen LogP contribution in [0.1, 0.15) is 22.5 Å². The highest BCUT2D eigenvalue weighted by Gasteiger charge is 2.14. The molecule has 4 nitrogen and oxygen atoms in total. The van der Waals surface area contributed by atoms with E-state index in [2.05, 4.69) is 15.6 Å². The van der Waals surface area contributed by atoms with Gasteiger partial charge in [-0.2, -0.15) is 4.39 Å². The second kappa shape index (κ2) is 6.47. The summed E-state index contributed by atoms with van der Waals surface area (Å²) in [5, 5.41) is 5.57. The quantitative estimate of drug-likeness (QED) is 0.799. The van der Waals surface area contributed by atoms with Crippen molar-refractivity contribution in [1.82, 2.24) is 15.6 Å². The third-order valence-corrected chi connectivity index (χ3v) is 2.72. The van der Waals surface area contributed by atoms with E-state index in [4.69, 9.17) is 0 Å². The molecule has 0 aliphatic carbocycles. The van der Waals surface area contributed by atoms with Crippen LogP contribution in [-0.2, 0) is 0 Å². The molecule has 98 valence electrons. The van der Waals surface area contributed by atoms with Gasteiger partial charge in [-0.05, 0) is 30.7 Å². The van der Waals surface area contributed by atoms with Gasteiger partial charge in [-0.15, -0.1) is 12.4 Å². The normalized spacial score (nSPS) is 14.4. The van der Waals surface area contributed by atoms with Crippen molar-refractivity contribution in [1.29, 1.82) is 0 Å². The van der Waals surface area contributed by atoms with E-state index >= 15 is 0 Å². The summed E-state index contributed by atoms with van der Waals surface area (Å²) in [4.78, 5) is 15.0. The number of carbonyl (C=O) groups excluding carboxylic acids is 1. The van der Waals surface area contributed by atoms with Crippen LogP contribution >= 0.6 is 12.4 Å². The lowest BCUT2D eigenvalue weighted by atomic mass is 10.0. The molecule has 1 aliphatic rings. The molecule has 1 aromatic rings. The molecule has 0 fully saturated rings. The molecule has 2 heterocycles. The molecular weight excluding hydrogens is 257 g/mol. The third kappa shape index (κ3) is 3.05. The van der Waals surface area contributed by atoms with Crippen molar-refractivity contribution in [2.24, 2.45) is 0 Å². The fraction of sp³-hybridized carbons (Fsp3) is 0.333. The molecule has 6 heteroatoms. The van der Waals surface area contributed by atoms with E-state index in [1.807, 2.05) is 6.08 Å². The van der Waals surface area contributed by atoms with Crippen molar-refractivity contribution in [2.75, 3.05) is 20.1 Å². The van der Waals surface area contributed by atoms with Crippen LogP contribution in [0.25, 0.3) is 5.57 Å². The van der Waals surface area contributed by atoms with Gasteiger partial charge in [-0.1, -0.05) is 6.08 Å². The first-order valence-electron chi connectivity index (χ1n) is 5.51. The molecule has 2 N–H and O–H groups in total. The monoisotopic (exact) mass is 271 g/mol. The summed E-state index contributed by atoms with van der Waals surface area (Å²) in [7, 11) is 1.49. The molecule has 0 saturated heterocycles. The Bertz CT molecular complexity index is 476. The Labute approximate surface area is 111 Å². The fourth-order valence-corrected chi connectivity index (χ4v) is 1.80. The minimum absolute atomic E-state index is 0. The highest BCUT2D eigenvalue weighted by atomic mass is 35.5. The van der Waals surface area contributed by atoms with E-state index < -0.39 is 5.95 Å². The minimum Gasteiger partial charge on any atom is -0.354 e. The molecule has 0 spiro atoms. The highest BCUT2D eigenvalue weighted by Crippen LogP contribution is 2.21. The van der Waals surface area contributed by atoms with Crippen LogP contribution in [0, 0.1) is 5.95 Å². The van der Waals surface area contributed by atoms with Gasteiger partial charge in [-0.3, -0.25) is 4.79 Å². The van der Waals surface area contributed by atoms with Crippen molar-refractivity contribution < 1.29 is 9.18 Å². The number of nitrogens with zero attached hydrogens (tertiary/aromatic N) is 1. The van der Waals surface area contributed by atoms with Gasteiger partial charge in [-0.25, -0.2) is 4.98 Å². The summed E-state index contributed by atoms with van der Waals surface area (Å²) in [6.07, 6.45) is 2.72. The van der Waals surface area contributed by atoms with Gasteiger partial charge in [0.1, 0.15) is 5.69 Å². The molecular formula is C12H15ClFN3O. The van der Waals surface area contributed by atoms with E-state index in [-0.39, 0.29) is 24.0 Å². The van der Waals surface area contributed by atoms with Crippen LogP contribution in [0.15, 0.2) is 18.2 Å². The number of rotatable bonds is 2. The van der Waals surface area contributed by atoms with Gasteiger partial charge in [0.25, 0.3) is 5.91 Å². The first-order valence-corrected chi connectivity index (χ1v) is 5.51. The Morgan fingerprint density at radius 2 is 2.28 bits per heavy atom. The summed E-state index contributed by atoms with van der Waals surface area (Å²) in [6, 6.07) is 3.16. The van der Waals surface area contributed by atoms with Crippen LogP contribution in [0.3, 0.4) is 0 Å². The van der Waals surface area contributed by atoms with E-state index in [0.29, 0.717) is 5.56 Å². The Balaban J connectivity index is 0.00000162. The fourth-order valence-electron chi connectivity index (χ4n) is 1.80. The summed E-state index contributed by atoms with van der Waals surface area (Å²) >= 11 is 0. The van der Waals surface area contributed by atoms with E-state index in [0.717, 1.165) is 25.1 Å². The molecule has 0 aromatic carbocycles. The van der Waals surface area contributed by atoms with Gasteiger partial charge in [0.05, 0.1) is 0 Å². The molecule has 18 heavy (non-hydrogen) atoms. The maximum Gasteiger partial charge on any atom is 0.269 e. The lowest BCUT2D eigenvalue weighted by Crippen LogP contribution is -2.21. The highest BCUT2D eigenvalue weighted by molar-refractivity contribution is 5.92. The number of hydrogen-bond acceptors (Lipinski definition) is 3. The van der Waals surface area contributed by atoms with Crippen molar-refractivity contribution in [2.45, 2.75) is 6.42 Å². The van der Waals surface area contributed by atoms with E-state index in [9.17, 15) is 9.18 Å². The second-order valence-corrected chi connectivity index (χ2v) is 3.80. The molecule has 0 bridgehead atoms. The molecule has 1 aromatic heterocycles. The Kier molecular flexibility index (Phi) is 5.25. The van der Waals surface area contributed by atoms with Crippen LogP contribution in [0.4, 0.5) is 4.39 Å². The molecule has 2 rings (SSSR count). The Morgan fingerprint density at radius 3 is 2.83 bits per heavy atom. The lowest BCUT2D eigenvalue weighted by Gasteiger charge is -2.14. The van der Waals surface area contributed by atoms with E-state index in [1.54, 1.807) is 12.1 Å². The zero-order valence-electron chi connectivity index (χ0n) is 10.00. The molecule has 1 amide bonds. The van der Waals surface area contributed by atoms with Gasteiger partial charge >= 0.3 is 0 Å². The van der Waals surface area contributed by atoms with Crippen molar-refractivity contribution in [3.8, 4) is 0 Å². The van der Waals surface area contributed by atoms with Crippen molar-refractivity contribution in [3.05, 3.63) is 35.4 Å². The van der Waals surface area contributed by atoms with E-state index in [1.165, 1.54) is 7.05 Å². The zero-order chi connectivity index (χ0) is 12.3. The Hall–Kier alpha value is -1.46. The number of halogens is 2. The lowest BCUT2D eigenvalue weighted by molar-refractivity contribution is 0.0957. The number of hydrogen-bond donors (Lipinski definition) is 2. The predicted molar refractivity (Wildman–Crippen MR) is 70.3 cm³/mol. The standard InChI is InChI=1S/C12H14FN3O.ClH/c1-14-12(17)10-3-2-9(11(13)16-10)8-4-6-15-7-5-8;/h2-4,15H,5-7H2,1H3,(H,14,17);1H. The number of amides is 1. The average Bonchev–Trinajstić information content (AvgIpc) is 2.38. The number of aromatic nitrogens is 1. The van der Waals surface area contributed by atoms with Crippen molar-refractivity contribution >= 4 is 23.9 Å². The van der Waals surface area contributed by atoms with Crippen LogP contribution in [0.5, 0.6) is 0 Å². The van der Waals surface area contributed by atoms with Crippen LogP contribution in [-0.4, -0.2) is 31.0 Å². The first kappa shape index (κ1) is 14.6. The number of pyridine rings is 1. The third-order valence-electron chi connectivity index (χ3n) is 2.72. The van der Waals surface area contributed by atoms with Gasteiger partial charge in [0.15, 0.2) is 0 Å². The average molecular weight is 272 g/mol. The topological polar surface area (TPSA) is 54.0 Å². The molecule has 1 aliphatic heterocycles. The molecule has 0 unspecified atom stereocenters. The summed E-state index contributed by atoms with van der Waals surface area (Å²) in [5.41, 5.74) is 1.53. The molecule has 0 saturated carbocycles. The van der Waals surface area contributed by atoms with Crippen molar-refractivity contribution in [3.63, 3.8) is 0 Å². The molecule has 0 radical (unpaired) electrons. The van der Waals surface area contributed by atoms with Crippen LogP contribution < -0.4 is 10.6 Å². The number of nitrogens with one attached hydrogen (secondary N) is 2. The predicted octanol–water partition coefficient (Wildman–Crippen LogP) is 1.38. The summed E-state index contributed by atoms with van der Waals surface area (Å²) in [6.45, 7) is 1.58. The summed E-state index contributed by atoms with van der Waals surface area (Å²) < 4.78 is 13.8. The zero-order valence-corrected chi connectivity index (χ0v) is 10.8. The number of carbonyl (C=O) groups is 1. The van der Waals surface area contributed by atoms with Gasteiger partial charge in [0, 0.05) is 19.2 Å². The maximum absolute atomic E-state index is 13.8. The van der Waals surface area contributed by atoms with Crippen LogP contribution in [0.2, 0.25) is 0 Å². The SMILES string of the molecule is CNC(=O)c1ccc(C2=CCNCC2)c(F)n1.Cl. The maximum atomic E-state index is 13.8. The first-order chi connectivity index (χ1) is 8.22. The smallest absolute Gasteiger partial charge is 0.269 e. The largest absolute Gasteiger partial charge is 0.354 e. The van der Waals surface area contributed by atoms with Gasteiger partial charge in [0.2, 0.25) is 5.95 Å². The molecule has 0 atom stereocenters. The second-order valence-electron chi connectivity index (χ2n) is 3.80. The Morgan fingerprint density at radius 1 is 1.50 bits per heavy atom. The minimum atomic E-state index is -0.584. The summed E-state index contributed by atoms with van der Waals surface area (Å²) in [5.74, 6) is -0.964.